The molecule has 2 aromatic rings. The van der Waals surface area contributed by atoms with Gasteiger partial charge in [-0.15, -0.1) is 11.6 Å². The molecule has 1 amide bonds. The number of halogens is 1. The number of para-hydroxylation sites is 1. The monoisotopic (exact) mass is 293 g/mol. The first-order valence-corrected chi connectivity index (χ1v) is 7.49. The number of hydrogen-bond donors (Lipinski definition) is 0. The van der Waals surface area contributed by atoms with Crippen molar-refractivity contribution in [2.24, 2.45) is 7.05 Å². The van der Waals surface area contributed by atoms with Gasteiger partial charge >= 0.3 is 0 Å². The zero-order valence-electron chi connectivity index (χ0n) is 12.0. The summed E-state index contributed by atoms with van der Waals surface area (Å²) in [5.74, 6) is 0.413. The highest BCUT2D eigenvalue weighted by Gasteiger charge is 2.21. The molecule has 108 valence electrons. The summed E-state index contributed by atoms with van der Waals surface area (Å²) in [6.07, 6.45) is 2.03. The molecule has 1 aromatic heterocycles. The van der Waals surface area contributed by atoms with E-state index in [9.17, 15) is 4.79 Å². The number of amides is 1. The maximum Gasteiger partial charge on any atom is 0.275 e. The van der Waals surface area contributed by atoms with Crippen LogP contribution in [0.4, 0.5) is 0 Å². The van der Waals surface area contributed by atoms with E-state index >= 15 is 0 Å². The van der Waals surface area contributed by atoms with Crippen LogP contribution in [0.25, 0.3) is 10.9 Å². The van der Waals surface area contributed by atoms with Crippen molar-refractivity contribution in [3.63, 3.8) is 0 Å². The summed E-state index contributed by atoms with van der Waals surface area (Å²) in [6.45, 7) is 3.40. The van der Waals surface area contributed by atoms with Crippen molar-refractivity contribution >= 4 is 28.4 Å². The van der Waals surface area contributed by atoms with Gasteiger partial charge in [-0.25, -0.2) is 0 Å². The highest BCUT2D eigenvalue weighted by atomic mass is 35.5. The van der Waals surface area contributed by atoms with E-state index in [4.69, 9.17) is 11.6 Å². The van der Waals surface area contributed by atoms with Gasteiger partial charge in [-0.2, -0.15) is 5.10 Å². The van der Waals surface area contributed by atoms with Crippen LogP contribution in [0.2, 0.25) is 0 Å². The Bertz CT molecular complexity index is 594. The van der Waals surface area contributed by atoms with Crippen molar-refractivity contribution in [3.05, 3.63) is 30.0 Å². The minimum Gasteiger partial charge on any atom is -0.336 e. The summed E-state index contributed by atoms with van der Waals surface area (Å²) in [6, 6.07) is 7.79. The molecule has 20 heavy (non-hydrogen) atoms. The van der Waals surface area contributed by atoms with Gasteiger partial charge in [0, 0.05) is 31.4 Å². The molecule has 1 aromatic carbocycles. The van der Waals surface area contributed by atoms with E-state index in [-0.39, 0.29) is 5.91 Å². The van der Waals surface area contributed by atoms with Crippen molar-refractivity contribution in [2.45, 2.75) is 19.8 Å². The normalized spacial score (nSPS) is 10.9. The Morgan fingerprint density at radius 2 is 2.10 bits per heavy atom. The quantitative estimate of drug-likeness (QED) is 0.768. The van der Waals surface area contributed by atoms with Crippen LogP contribution in [0.15, 0.2) is 24.3 Å². The van der Waals surface area contributed by atoms with E-state index in [1.807, 2.05) is 31.3 Å². The molecule has 0 aliphatic heterocycles. The lowest BCUT2D eigenvalue weighted by Gasteiger charge is -2.20. The molecule has 0 N–H and O–H groups in total. The van der Waals surface area contributed by atoms with E-state index in [1.165, 1.54) is 0 Å². The lowest BCUT2D eigenvalue weighted by Crippen LogP contribution is -2.34. The van der Waals surface area contributed by atoms with Gasteiger partial charge in [-0.1, -0.05) is 31.5 Å². The Kier molecular flexibility index (Phi) is 5.01. The Morgan fingerprint density at radius 3 is 2.80 bits per heavy atom. The van der Waals surface area contributed by atoms with E-state index in [0.29, 0.717) is 18.1 Å². The van der Waals surface area contributed by atoms with Crippen LogP contribution in [0.5, 0.6) is 0 Å². The number of unbranched alkanes of at least 4 members (excludes halogenated alkanes) is 1. The molecule has 0 fully saturated rings. The molecule has 0 saturated carbocycles. The van der Waals surface area contributed by atoms with E-state index < -0.39 is 0 Å². The van der Waals surface area contributed by atoms with Crippen LogP contribution in [-0.4, -0.2) is 39.6 Å². The van der Waals surface area contributed by atoms with Gasteiger partial charge < -0.3 is 4.90 Å². The van der Waals surface area contributed by atoms with E-state index in [0.717, 1.165) is 30.3 Å². The molecule has 0 aliphatic rings. The highest BCUT2D eigenvalue weighted by molar-refractivity contribution is 6.18. The third-order valence-electron chi connectivity index (χ3n) is 3.38. The Balaban J connectivity index is 2.33. The molecule has 0 atom stereocenters. The Hall–Kier alpha value is -1.55. The van der Waals surface area contributed by atoms with Crippen LogP contribution in [0.3, 0.4) is 0 Å². The minimum absolute atomic E-state index is 0.0316. The number of aromatic nitrogens is 2. The Morgan fingerprint density at radius 1 is 1.35 bits per heavy atom. The van der Waals surface area contributed by atoms with Crippen LogP contribution >= 0.6 is 11.6 Å². The van der Waals surface area contributed by atoms with Crippen molar-refractivity contribution in [1.29, 1.82) is 0 Å². The predicted octanol–water partition coefficient (Wildman–Crippen LogP) is 3.05. The summed E-state index contributed by atoms with van der Waals surface area (Å²) in [5, 5.41) is 5.28. The molecule has 4 nitrogen and oxygen atoms in total. The number of nitrogens with zero attached hydrogens (tertiary/aromatic N) is 3. The summed E-state index contributed by atoms with van der Waals surface area (Å²) in [7, 11) is 1.86. The van der Waals surface area contributed by atoms with E-state index in [2.05, 4.69) is 12.0 Å². The van der Waals surface area contributed by atoms with Gasteiger partial charge in [0.2, 0.25) is 0 Å². The zero-order valence-corrected chi connectivity index (χ0v) is 12.7. The maximum atomic E-state index is 12.7. The maximum absolute atomic E-state index is 12.7. The van der Waals surface area contributed by atoms with Crippen LogP contribution in [-0.2, 0) is 7.05 Å². The van der Waals surface area contributed by atoms with Crippen molar-refractivity contribution in [1.82, 2.24) is 14.7 Å². The van der Waals surface area contributed by atoms with Gasteiger partial charge in [0.25, 0.3) is 5.91 Å². The number of alkyl halides is 1. The number of aryl methyl sites for hydroxylation is 1. The third kappa shape index (κ3) is 2.96. The minimum atomic E-state index is -0.0316. The number of carbonyl (C=O) groups is 1. The van der Waals surface area contributed by atoms with Crippen LogP contribution in [0, 0.1) is 0 Å². The van der Waals surface area contributed by atoms with Gasteiger partial charge in [0.05, 0.1) is 5.52 Å². The standard InChI is InChI=1S/C15H20ClN3O/c1-3-4-10-19(11-9-16)15(20)14-12-7-5-6-8-13(12)18(2)17-14/h5-8H,3-4,9-11H2,1-2H3. The highest BCUT2D eigenvalue weighted by Crippen LogP contribution is 2.19. The Labute approximate surface area is 124 Å². The van der Waals surface area contributed by atoms with Crippen LogP contribution < -0.4 is 0 Å². The molecule has 0 aliphatic carbocycles. The molecule has 0 radical (unpaired) electrons. The zero-order chi connectivity index (χ0) is 14.5. The second-order valence-corrected chi connectivity index (χ2v) is 5.20. The molecular weight excluding hydrogens is 274 g/mol. The fourth-order valence-electron chi connectivity index (χ4n) is 2.29. The summed E-state index contributed by atoms with van der Waals surface area (Å²) >= 11 is 5.81. The lowest BCUT2D eigenvalue weighted by molar-refractivity contribution is 0.0758. The molecule has 1 heterocycles. The molecule has 0 unspecified atom stereocenters. The third-order valence-corrected chi connectivity index (χ3v) is 3.55. The number of carbonyl (C=O) groups excluding carboxylic acids is 1. The number of benzene rings is 1. The van der Waals surface area contributed by atoms with Crippen LogP contribution in [0.1, 0.15) is 30.3 Å². The van der Waals surface area contributed by atoms with Crippen molar-refractivity contribution in [3.8, 4) is 0 Å². The summed E-state index contributed by atoms with van der Waals surface area (Å²) in [5.41, 5.74) is 1.49. The van der Waals surface area contributed by atoms with Gasteiger partial charge in [0.15, 0.2) is 5.69 Å². The number of fused-ring (bicyclic) bond motifs is 1. The topological polar surface area (TPSA) is 38.1 Å². The fourth-order valence-corrected chi connectivity index (χ4v) is 2.49. The largest absolute Gasteiger partial charge is 0.336 e. The lowest BCUT2D eigenvalue weighted by atomic mass is 10.2. The first-order valence-electron chi connectivity index (χ1n) is 6.96. The average molecular weight is 294 g/mol. The van der Waals surface area contributed by atoms with Crippen molar-refractivity contribution in [2.75, 3.05) is 19.0 Å². The molecule has 0 saturated heterocycles. The first kappa shape index (κ1) is 14.9. The summed E-state index contributed by atoms with van der Waals surface area (Å²) in [4.78, 5) is 14.5. The molecule has 2 rings (SSSR count). The molecule has 0 bridgehead atoms. The molecular formula is C15H20ClN3O. The average Bonchev–Trinajstić information content (AvgIpc) is 2.80. The predicted molar refractivity (Wildman–Crippen MR) is 82.2 cm³/mol. The second-order valence-electron chi connectivity index (χ2n) is 4.82. The molecule has 5 heteroatoms. The van der Waals surface area contributed by atoms with Gasteiger partial charge in [-0.05, 0) is 12.5 Å². The second kappa shape index (κ2) is 6.75. The summed E-state index contributed by atoms with van der Waals surface area (Å²) < 4.78 is 1.75. The smallest absolute Gasteiger partial charge is 0.275 e. The van der Waals surface area contributed by atoms with Gasteiger partial charge in [0.1, 0.15) is 0 Å². The first-order chi connectivity index (χ1) is 9.69. The number of hydrogen-bond acceptors (Lipinski definition) is 2. The SMILES string of the molecule is CCCCN(CCCl)C(=O)c1nn(C)c2ccccc12. The number of rotatable bonds is 6. The molecule has 0 spiro atoms. The van der Waals surface area contributed by atoms with Gasteiger partial charge in [-0.3, -0.25) is 9.48 Å². The fraction of sp³-hybridized carbons (Fsp3) is 0.467. The van der Waals surface area contributed by atoms with Crippen molar-refractivity contribution < 1.29 is 4.79 Å². The van der Waals surface area contributed by atoms with E-state index in [1.54, 1.807) is 9.58 Å².